The van der Waals surface area contributed by atoms with Crippen molar-refractivity contribution in [2.45, 2.75) is 26.4 Å². The van der Waals surface area contributed by atoms with Crippen LogP contribution in [0.5, 0.6) is 17.2 Å². The van der Waals surface area contributed by atoms with E-state index in [1.165, 1.54) is 0 Å². The minimum absolute atomic E-state index is 0.0704. The van der Waals surface area contributed by atoms with E-state index in [1.54, 1.807) is 31.4 Å². The van der Waals surface area contributed by atoms with Crippen LogP contribution in [0.3, 0.4) is 0 Å². The Bertz CT molecular complexity index is 848. The lowest BCUT2D eigenvalue weighted by atomic mass is 10.0. The second-order valence-electron chi connectivity index (χ2n) is 6.83. The zero-order valence-electron chi connectivity index (χ0n) is 16.2. The molecule has 0 saturated carbocycles. The van der Waals surface area contributed by atoms with Crippen molar-refractivity contribution >= 4 is 11.8 Å². The molecular weight excluding hydrogens is 360 g/mol. The summed E-state index contributed by atoms with van der Waals surface area (Å²) in [7, 11) is 1.56. The topological polar surface area (TPSA) is 85.9 Å². The summed E-state index contributed by atoms with van der Waals surface area (Å²) in [6.07, 6.45) is 0. The molecule has 0 fully saturated rings. The molecule has 1 atom stereocenters. The van der Waals surface area contributed by atoms with Crippen molar-refractivity contribution in [3.63, 3.8) is 0 Å². The number of amides is 2. The SMILES string of the molecule is COc1ccc(C(=O)N[C@@H](C(=O)NCc2ccc3c(c2)OCO3)C(C)C)cc1. The van der Waals surface area contributed by atoms with Crippen molar-refractivity contribution in [3.8, 4) is 17.2 Å². The Labute approximate surface area is 164 Å². The van der Waals surface area contributed by atoms with Crippen LogP contribution < -0.4 is 24.8 Å². The number of carbonyl (C=O) groups excluding carboxylic acids is 2. The highest BCUT2D eigenvalue weighted by Gasteiger charge is 2.24. The van der Waals surface area contributed by atoms with Crippen molar-refractivity contribution in [1.29, 1.82) is 0 Å². The Balaban J connectivity index is 1.60. The maximum absolute atomic E-state index is 12.7. The van der Waals surface area contributed by atoms with Gasteiger partial charge < -0.3 is 24.8 Å². The van der Waals surface area contributed by atoms with E-state index in [-0.39, 0.29) is 24.5 Å². The highest BCUT2D eigenvalue weighted by atomic mass is 16.7. The van der Waals surface area contributed by atoms with Crippen molar-refractivity contribution in [2.24, 2.45) is 5.92 Å². The van der Waals surface area contributed by atoms with E-state index in [0.717, 1.165) is 5.56 Å². The number of carbonyl (C=O) groups is 2. The van der Waals surface area contributed by atoms with Crippen LogP contribution in [-0.4, -0.2) is 31.8 Å². The van der Waals surface area contributed by atoms with Gasteiger partial charge in [0.05, 0.1) is 7.11 Å². The molecule has 1 heterocycles. The Morgan fingerprint density at radius 2 is 1.79 bits per heavy atom. The van der Waals surface area contributed by atoms with Crippen LogP contribution in [0, 0.1) is 5.92 Å². The maximum Gasteiger partial charge on any atom is 0.251 e. The van der Waals surface area contributed by atoms with Crippen molar-refractivity contribution < 1.29 is 23.8 Å². The molecule has 0 spiro atoms. The minimum Gasteiger partial charge on any atom is -0.497 e. The lowest BCUT2D eigenvalue weighted by Crippen LogP contribution is -2.49. The summed E-state index contributed by atoms with van der Waals surface area (Å²) in [5.74, 6) is 1.41. The van der Waals surface area contributed by atoms with Crippen LogP contribution in [0.4, 0.5) is 0 Å². The lowest BCUT2D eigenvalue weighted by molar-refractivity contribution is -0.124. The summed E-state index contributed by atoms with van der Waals surface area (Å²) in [6, 6.07) is 11.6. The van der Waals surface area contributed by atoms with E-state index in [0.29, 0.717) is 29.4 Å². The first-order valence-electron chi connectivity index (χ1n) is 9.09. The smallest absolute Gasteiger partial charge is 0.251 e. The number of nitrogens with one attached hydrogen (secondary N) is 2. The van der Waals surface area contributed by atoms with Crippen molar-refractivity contribution in [2.75, 3.05) is 13.9 Å². The number of ether oxygens (including phenoxy) is 3. The van der Waals surface area contributed by atoms with E-state index in [4.69, 9.17) is 14.2 Å². The van der Waals surface area contributed by atoms with Crippen LogP contribution in [-0.2, 0) is 11.3 Å². The Morgan fingerprint density at radius 1 is 1.07 bits per heavy atom. The molecule has 7 heteroatoms. The summed E-state index contributed by atoms with van der Waals surface area (Å²) in [5.41, 5.74) is 1.36. The summed E-state index contributed by atoms with van der Waals surface area (Å²) in [4.78, 5) is 25.2. The quantitative estimate of drug-likeness (QED) is 0.766. The third kappa shape index (κ3) is 4.54. The fraction of sp³-hybridized carbons (Fsp3) is 0.333. The summed E-state index contributed by atoms with van der Waals surface area (Å²) >= 11 is 0. The zero-order valence-corrected chi connectivity index (χ0v) is 16.2. The van der Waals surface area contributed by atoms with Crippen molar-refractivity contribution in [3.05, 3.63) is 53.6 Å². The molecule has 148 valence electrons. The average molecular weight is 384 g/mol. The molecule has 2 aromatic rings. The molecule has 0 unspecified atom stereocenters. The molecule has 2 amide bonds. The summed E-state index contributed by atoms with van der Waals surface area (Å²) in [5, 5.41) is 5.69. The Kier molecular flexibility index (Phi) is 6.03. The highest BCUT2D eigenvalue weighted by Crippen LogP contribution is 2.32. The molecule has 2 aromatic carbocycles. The van der Waals surface area contributed by atoms with Gasteiger partial charge in [-0.3, -0.25) is 9.59 Å². The fourth-order valence-electron chi connectivity index (χ4n) is 2.85. The first-order valence-corrected chi connectivity index (χ1v) is 9.09. The largest absolute Gasteiger partial charge is 0.497 e. The monoisotopic (exact) mass is 384 g/mol. The molecular formula is C21H24N2O5. The van der Waals surface area contributed by atoms with E-state index in [9.17, 15) is 9.59 Å². The Morgan fingerprint density at radius 3 is 2.46 bits per heavy atom. The molecule has 0 aliphatic carbocycles. The summed E-state index contributed by atoms with van der Waals surface area (Å²) < 4.78 is 15.7. The van der Waals surface area contributed by atoms with Gasteiger partial charge in [-0.2, -0.15) is 0 Å². The van der Waals surface area contributed by atoms with Crippen LogP contribution in [0.2, 0.25) is 0 Å². The van der Waals surface area contributed by atoms with Gasteiger partial charge in [0.2, 0.25) is 12.7 Å². The summed E-state index contributed by atoms with van der Waals surface area (Å²) in [6.45, 7) is 4.31. The number of methoxy groups -OCH3 is 1. The van der Waals surface area contributed by atoms with Gasteiger partial charge >= 0.3 is 0 Å². The molecule has 7 nitrogen and oxygen atoms in total. The lowest BCUT2D eigenvalue weighted by Gasteiger charge is -2.22. The van der Waals surface area contributed by atoms with Crippen LogP contribution >= 0.6 is 0 Å². The molecule has 2 N–H and O–H groups in total. The van der Waals surface area contributed by atoms with Crippen LogP contribution in [0.1, 0.15) is 29.8 Å². The number of rotatable bonds is 7. The van der Waals surface area contributed by atoms with Gasteiger partial charge in [-0.1, -0.05) is 19.9 Å². The molecule has 0 aromatic heterocycles. The van der Waals surface area contributed by atoms with Crippen LogP contribution in [0.15, 0.2) is 42.5 Å². The third-order valence-electron chi connectivity index (χ3n) is 4.49. The molecule has 28 heavy (non-hydrogen) atoms. The van der Waals surface area contributed by atoms with Gasteiger partial charge in [0.1, 0.15) is 11.8 Å². The highest BCUT2D eigenvalue weighted by molar-refractivity contribution is 5.97. The second-order valence-corrected chi connectivity index (χ2v) is 6.83. The van der Waals surface area contributed by atoms with Crippen molar-refractivity contribution in [1.82, 2.24) is 10.6 Å². The average Bonchev–Trinajstić information content (AvgIpc) is 3.17. The Hall–Kier alpha value is -3.22. The van der Waals surface area contributed by atoms with E-state index >= 15 is 0 Å². The van der Waals surface area contributed by atoms with Gasteiger partial charge in [-0.05, 0) is 47.9 Å². The second kappa shape index (κ2) is 8.65. The molecule has 0 bridgehead atoms. The van der Waals surface area contributed by atoms with Gasteiger partial charge in [-0.15, -0.1) is 0 Å². The van der Waals surface area contributed by atoms with E-state index in [2.05, 4.69) is 10.6 Å². The third-order valence-corrected chi connectivity index (χ3v) is 4.49. The number of benzene rings is 2. The molecule has 0 radical (unpaired) electrons. The predicted molar refractivity (Wildman–Crippen MR) is 103 cm³/mol. The number of fused-ring (bicyclic) bond motifs is 1. The minimum atomic E-state index is -0.649. The van der Waals surface area contributed by atoms with E-state index in [1.807, 2.05) is 32.0 Å². The number of hydrogen-bond acceptors (Lipinski definition) is 5. The predicted octanol–water partition coefficient (Wildman–Crippen LogP) is 2.49. The number of hydrogen-bond donors (Lipinski definition) is 2. The maximum atomic E-state index is 12.7. The molecule has 0 saturated heterocycles. The van der Waals surface area contributed by atoms with Gasteiger partial charge in [-0.25, -0.2) is 0 Å². The van der Waals surface area contributed by atoms with E-state index < -0.39 is 6.04 Å². The molecule has 1 aliphatic rings. The van der Waals surface area contributed by atoms with Gasteiger partial charge in [0.15, 0.2) is 11.5 Å². The zero-order chi connectivity index (χ0) is 20.1. The molecule has 1 aliphatic heterocycles. The normalized spacial score (nSPS) is 13.1. The standard InChI is InChI=1S/C21H24N2O5/c1-13(2)19(23-20(24)15-5-7-16(26-3)8-6-15)21(25)22-11-14-4-9-17-18(10-14)28-12-27-17/h4-10,13,19H,11-12H2,1-3H3,(H,22,25)(H,23,24)/t19-/m1/s1. The fourth-order valence-corrected chi connectivity index (χ4v) is 2.85. The van der Waals surface area contributed by atoms with Gasteiger partial charge in [0.25, 0.3) is 5.91 Å². The van der Waals surface area contributed by atoms with Crippen LogP contribution in [0.25, 0.3) is 0 Å². The molecule has 3 rings (SSSR count). The van der Waals surface area contributed by atoms with Gasteiger partial charge in [0, 0.05) is 12.1 Å². The first-order chi connectivity index (χ1) is 13.5. The first kappa shape index (κ1) is 19.5.